The van der Waals surface area contributed by atoms with E-state index in [-0.39, 0.29) is 17.9 Å². The lowest BCUT2D eigenvalue weighted by Gasteiger charge is -2.24. The first-order valence-corrected chi connectivity index (χ1v) is 12.6. The molecule has 1 aromatic carbocycles. The molecular formula is C26H29ClN8O2. The highest BCUT2D eigenvalue weighted by Crippen LogP contribution is 2.40. The van der Waals surface area contributed by atoms with Crippen LogP contribution in [0.3, 0.4) is 0 Å². The lowest BCUT2D eigenvalue weighted by molar-refractivity contribution is 0.0949. The Morgan fingerprint density at radius 2 is 1.95 bits per heavy atom. The van der Waals surface area contributed by atoms with Gasteiger partial charge in [-0.3, -0.25) is 9.59 Å². The van der Waals surface area contributed by atoms with E-state index in [1.54, 1.807) is 36.8 Å². The number of nitrogens with one attached hydrogen (secondary N) is 2. The van der Waals surface area contributed by atoms with Gasteiger partial charge in [-0.05, 0) is 50.2 Å². The highest BCUT2D eigenvalue weighted by molar-refractivity contribution is 6.33. The van der Waals surface area contributed by atoms with E-state index >= 15 is 0 Å². The number of amides is 1. The maximum Gasteiger partial charge on any atom is 0.256 e. The first kappa shape index (κ1) is 25.0. The van der Waals surface area contributed by atoms with Gasteiger partial charge < -0.3 is 20.4 Å². The van der Waals surface area contributed by atoms with Crippen molar-refractivity contribution in [1.82, 2.24) is 30.2 Å². The molecule has 0 saturated carbocycles. The molecule has 11 heteroatoms. The van der Waals surface area contributed by atoms with Crippen molar-refractivity contribution < 1.29 is 9.59 Å². The molecule has 2 aliphatic heterocycles. The predicted molar refractivity (Wildman–Crippen MR) is 141 cm³/mol. The molecule has 1 amide bonds. The summed E-state index contributed by atoms with van der Waals surface area (Å²) < 4.78 is 0. The number of anilines is 2. The fourth-order valence-corrected chi connectivity index (χ4v) is 5.31. The quantitative estimate of drug-likeness (QED) is 0.432. The monoisotopic (exact) mass is 520 g/mol. The molecule has 1 spiro atoms. The molecule has 1 atom stereocenters. The van der Waals surface area contributed by atoms with Crippen LogP contribution in [0.15, 0.2) is 42.9 Å². The number of likely N-dealkylation sites (tertiary alicyclic amines) is 1. The van der Waals surface area contributed by atoms with Crippen LogP contribution in [0, 0.1) is 5.41 Å². The molecule has 3 aromatic rings. The average molecular weight is 521 g/mol. The van der Waals surface area contributed by atoms with E-state index in [0.29, 0.717) is 40.3 Å². The molecule has 0 aliphatic carbocycles. The summed E-state index contributed by atoms with van der Waals surface area (Å²) in [6.45, 7) is 4.52. The van der Waals surface area contributed by atoms with Crippen molar-refractivity contribution in [2.45, 2.75) is 25.9 Å². The SMILES string of the molecule is CN1CCC2(CCN(c3ncc(C(=O)NCc4ncccn4)c(NCc4ccc(C=O)c(Cl)c4)n3)C2)C1. The van der Waals surface area contributed by atoms with E-state index in [1.165, 1.54) is 6.42 Å². The van der Waals surface area contributed by atoms with Crippen LogP contribution in [0.1, 0.15) is 44.9 Å². The Kier molecular flexibility index (Phi) is 7.29. The second kappa shape index (κ2) is 10.8. The third-order valence-corrected chi connectivity index (χ3v) is 7.38. The summed E-state index contributed by atoms with van der Waals surface area (Å²) in [4.78, 5) is 46.4. The number of carbonyl (C=O) groups is 2. The molecule has 10 nitrogen and oxygen atoms in total. The Morgan fingerprint density at radius 3 is 2.68 bits per heavy atom. The predicted octanol–water partition coefficient (Wildman–Crippen LogP) is 2.81. The Morgan fingerprint density at radius 1 is 1.14 bits per heavy atom. The van der Waals surface area contributed by atoms with Gasteiger partial charge in [-0.1, -0.05) is 17.7 Å². The normalized spacial score (nSPS) is 19.4. The van der Waals surface area contributed by atoms with Crippen molar-refractivity contribution in [2.75, 3.05) is 43.4 Å². The number of aromatic nitrogens is 4. The minimum atomic E-state index is -0.328. The highest BCUT2D eigenvalue weighted by atomic mass is 35.5. The molecule has 192 valence electrons. The van der Waals surface area contributed by atoms with Crippen molar-refractivity contribution in [3.05, 3.63) is 70.4 Å². The summed E-state index contributed by atoms with van der Waals surface area (Å²) >= 11 is 6.20. The molecule has 2 saturated heterocycles. The summed E-state index contributed by atoms with van der Waals surface area (Å²) in [7, 11) is 2.16. The molecule has 1 unspecified atom stereocenters. The number of carbonyl (C=O) groups excluding carboxylic acids is 2. The highest BCUT2D eigenvalue weighted by Gasteiger charge is 2.43. The minimum absolute atomic E-state index is 0.186. The van der Waals surface area contributed by atoms with Crippen molar-refractivity contribution in [2.24, 2.45) is 5.41 Å². The van der Waals surface area contributed by atoms with E-state index in [9.17, 15) is 9.59 Å². The van der Waals surface area contributed by atoms with Gasteiger partial charge in [0.25, 0.3) is 5.91 Å². The van der Waals surface area contributed by atoms with Gasteiger partial charge in [-0.15, -0.1) is 0 Å². The smallest absolute Gasteiger partial charge is 0.256 e. The first-order valence-electron chi connectivity index (χ1n) is 12.3. The first-order chi connectivity index (χ1) is 17.9. The Labute approximate surface area is 220 Å². The molecule has 2 aliphatic rings. The van der Waals surface area contributed by atoms with Crippen LogP contribution < -0.4 is 15.5 Å². The van der Waals surface area contributed by atoms with Crippen molar-refractivity contribution >= 4 is 35.6 Å². The summed E-state index contributed by atoms with van der Waals surface area (Å²) in [5.41, 5.74) is 1.88. The fraction of sp³-hybridized carbons (Fsp3) is 0.385. The summed E-state index contributed by atoms with van der Waals surface area (Å²) in [5, 5.41) is 6.51. The molecule has 0 bridgehead atoms. The molecule has 0 radical (unpaired) electrons. The Hall–Kier alpha value is -3.63. The number of aldehydes is 1. The number of hydrogen-bond donors (Lipinski definition) is 2. The zero-order valence-corrected chi connectivity index (χ0v) is 21.4. The van der Waals surface area contributed by atoms with E-state index in [4.69, 9.17) is 16.6 Å². The van der Waals surface area contributed by atoms with E-state index in [1.807, 2.05) is 6.07 Å². The summed E-state index contributed by atoms with van der Waals surface area (Å²) in [6.07, 6.45) is 7.83. The van der Waals surface area contributed by atoms with Crippen LogP contribution in [0.4, 0.5) is 11.8 Å². The van der Waals surface area contributed by atoms with Gasteiger partial charge in [-0.2, -0.15) is 4.98 Å². The molecule has 4 heterocycles. The zero-order chi connectivity index (χ0) is 25.8. The van der Waals surface area contributed by atoms with E-state index in [2.05, 4.69) is 42.4 Å². The lowest BCUT2D eigenvalue weighted by Crippen LogP contribution is -2.31. The molecule has 2 aromatic heterocycles. The van der Waals surface area contributed by atoms with Gasteiger partial charge in [0, 0.05) is 55.7 Å². The summed E-state index contributed by atoms with van der Waals surface area (Å²) in [5.74, 6) is 1.21. The molecule has 5 rings (SSSR count). The van der Waals surface area contributed by atoms with Crippen molar-refractivity contribution in [1.29, 1.82) is 0 Å². The van der Waals surface area contributed by atoms with Gasteiger partial charge in [0.15, 0.2) is 6.29 Å². The van der Waals surface area contributed by atoms with Gasteiger partial charge in [0.2, 0.25) is 5.95 Å². The maximum atomic E-state index is 13.1. The molecule has 2 fully saturated rings. The standard InChI is InChI=1S/C26H29ClN8O2/c1-34-9-5-26(16-34)6-10-35(17-26)25-32-13-20(24(37)31-14-22-28-7-2-8-29-22)23(33-25)30-12-18-3-4-19(15-36)21(27)11-18/h2-4,7-8,11,13,15H,5-6,9-10,12,14,16-17H2,1H3,(H,31,37)(H,30,32,33). The van der Waals surface area contributed by atoms with Gasteiger partial charge >= 0.3 is 0 Å². The number of rotatable bonds is 8. The molecule has 37 heavy (non-hydrogen) atoms. The zero-order valence-electron chi connectivity index (χ0n) is 20.7. The number of hydrogen-bond acceptors (Lipinski definition) is 9. The van der Waals surface area contributed by atoms with Crippen LogP contribution in [0.5, 0.6) is 0 Å². The fourth-order valence-electron chi connectivity index (χ4n) is 5.06. The lowest BCUT2D eigenvalue weighted by atomic mass is 9.86. The van der Waals surface area contributed by atoms with Crippen LogP contribution in [-0.2, 0) is 13.1 Å². The van der Waals surface area contributed by atoms with Gasteiger partial charge in [0.1, 0.15) is 17.2 Å². The van der Waals surface area contributed by atoms with Gasteiger partial charge in [0.05, 0.1) is 11.6 Å². The van der Waals surface area contributed by atoms with Crippen LogP contribution in [-0.4, -0.2) is 70.3 Å². The number of halogens is 1. The Bertz CT molecular complexity index is 1290. The van der Waals surface area contributed by atoms with Crippen LogP contribution in [0.25, 0.3) is 0 Å². The maximum absolute atomic E-state index is 13.1. The second-order valence-corrected chi connectivity index (χ2v) is 10.2. The van der Waals surface area contributed by atoms with Crippen molar-refractivity contribution in [3.63, 3.8) is 0 Å². The third-order valence-electron chi connectivity index (χ3n) is 7.05. The molecular weight excluding hydrogens is 492 g/mol. The Balaban J connectivity index is 1.36. The van der Waals surface area contributed by atoms with Crippen LogP contribution >= 0.6 is 11.6 Å². The summed E-state index contributed by atoms with van der Waals surface area (Å²) in [6, 6.07) is 6.94. The largest absolute Gasteiger partial charge is 0.365 e. The third kappa shape index (κ3) is 5.70. The number of nitrogens with zero attached hydrogens (tertiary/aromatic N) is 6. The van der Waals surface area contributed by atoms with Crippen molar-refractivity contribution in [3.8, 4) is 0 Å². The van der Waals surface area contributed by atoms with E-state index < -0.39 is 0 Å². The minimum Gasteiger partial charge on any atom is -0.365 e. The molecule has 2 N–H and O–H groups in total. The van der Waals surface area contributed by atoms with Crippen LogP contribution in [0.2, 0.25) is 5.02 Å². The number of benzene rings is 1. The van der Waals surface area contributed by atoms with Gasteiger partial charge in [-0.25, -0.2) is 15.0 Å². The topological polar surface area (TPSA) is 116 Å². The van der Waals surface area contributed by atoms with E-state index in [0.717, 1.165) is 44.4 Å². The average Bonchev–Trinajstić information content (AvgIpc) is 3.51. The second-order valence-electron chi connectivity index (χ2n) is 9.77.